The normalized spacial score (nSPS) is 19.8. The molecular formula is C18H23N3O. The van der Waals surface area contributed by atoms with Crippen LogP contribution in [0.5, 0.6) is 0 Å². The number of carbonyl (C=O) groups excluding carboxylic acids is 1. The standard InChI is InChI=1S/C18H23N3O/c1-5-14-11(3)17-8-7-13(9-15-12(4)19-10-20-15)18(22)21(17)16(14)6-2/h5-6,10,13H,7-9H2,1-4H3,(H,19,20)/b14-5-,16-6+. The van der Waals surface area contributed by atoms with Gasteiger partial charge in [0.15, 0.2) is 0 Å². The maximum absolute atomic E-state index is 13.0. The Hall–Kier alpha value is -2.10. The summed E-state index contributed by atoms with van der Waals surface area (Å²) < 4.78 is 1.95. The minimum Gasteiger partial charge on any atom is -0.348 e. The summed E-state index contributed by atoms with van der Waals surface area (Å²) in [4.78, 5) is 20.5. The van der Waals surface area contributed by atoms with Crippen molar-refractivity contribution in [3.63, 3.8) is 0 Å². The van der Waals surface area contributed by atoms with Gasteiger partial charge in [0.25, 0.3) is 0 Å². The second kappa shape index (κ2) is 5.59. The Kier molecular flexibility index (Phi) is 3.77. The number of aryl methyl sites for hydroxylation is 1. The first-order chi connectivity index (χ1) is 10.6. The Balaban J connectivity index is 2.05. The van der Waals surface area contributed by atoms with Crippen LogP contribution in [0.2, 0.25) is 0 Å². The number of carbonyl (C=O) groups is 1. The number of aromatic amines is 1. The summed E-state index contributed by atoms with van der Waals surface area (Å²) in [6.07, 6.45) is 8.45. The first-order valence-electron chi connectivity index (χ1n) is 7.94. The molecule has 0 aromatic carbocycles. The van der Waals surface area contributed by atoms with E-state index >= 15 is 0 Å². The van der Waals surface area contributed by atoms with Crippen LogP contribution in [0.15, 0.2) is 6.33 Å². The summed E-state index contributed by atoms with van der Waals surface area (Å²) in [5.74, 6) is 0.234. The van der Waals surface area contributed by atoms with Crippen molar-refractivity contribution in [3.8, 4) is 0 Å². The van der Waals surface area contributed by atoms with Crippen LogP contribution in [0.1, 0.15) is 47.7 Å². The van der Waals surface area contributed by atoms with Crippen LogP contribution < -0.4 is 10.6 Å². The molecule has 4 heteroatoms. The van der Waals surface area contributed by atoms with E-state index in [4.69, 9.17) is 0 Å². The molecule has 0 aliphatic carbocycles. The van der Waals surface area contributed by atoms with Gasteiger partial charge in [0.1, 0.15) is 0 Å². The maximum Gasteiger partial charge on any atom is 0.234 e. The topological polar surface area (TPSA) is 50.7 Å². The molecule has 0 bridgehead atoms. The third kappa shape index (κ3) is 2.14. The number of imidazole rings is 1. The van der Waals surface area contributed by atoms with Gasteiger partial charge in [-0.15, -0.1) is 0 Å². The fourth-order valence-electron chi connectivity index (χ4n) is 3.61. The highest BCUT2D eigenvalue weighted by Crippen LogP contribution is 2.23. The van der Waals surface area contributed by atoms with E-state index in [1.54, 1.807) is 6.33 Å². The Labute approximate surface area is 130 Å². The third-order valence-electron chi connectivity index (χ3n) is 4.86. The molecule has 2 aromatic rings. The molecule has 0 amide bonds. The maximum atomic E-state index is 13.0. The van der Waals surface area contributed by atoms with Crippen LogP contribution in [0.25, 0.3) is 12.2 Å². The molecule has 1 aliphatic rings. The number of hydrogen-bond acceptors (Lipinski definition) is 2. The van der Waals surface area contributed by atoms with Gasteiger partial charge in [-0.2, -0.15) is 0 Å². The molecule has 0 radical (unpaired) electrons. The Bertz CT molecular complexity index is 839. The highest BCUT2D eigenvalue weighted by molar-refractivity contribution is 5.84. The molecule has 1 unspecified atom stereocenters. The van der Waals surface area contributed by atoms with Crippen LogP contribution in [0.3, 0.4) is 0 Å². The van der Waals surface area contributed by atoms with E-state index in [0.717, 1.165) is 36.0 Å². The van der Waals surface area contributed by atoms with Crippen molar-refractivity contribution in [3.05, 3.63) is 39.5 Å². The Morgan fingerprint density at radius 1 is 1.36 bits per heavy atom. The molecular weight excluding hydrogens is 274 g/mol. The Morgan fingerprint density at radius 3 is 2.73 bits per heavy atom. The third-order valence-corrected chi connectivity index (χ3v) is 4.86. The minimum absolute atomic E-state index is 0.0182. The first-order valence-corrected chi connectivity index (χ1v) is 7.94. The van der Waals surface area contributed by atoms with Crippen molar-refractivity contribution in [2.45, 2.75) is 47.0 Å². The molecule has 1 atom stereocenters. The number of fused-ring (bicyclic) bond motifs is 1. The first kappa shape index (κ1) is 14.8. The number of rotatable bonds is 2. The number of H-pyrrole nitrogens is 1. The fourth-order valence-corrected chi connectivity index (χ4v) is 3.61. The van der Waals surface area contributed by atoms with E-state index < -0.39 is 0 Å². The van der Waals surface area contributed by atoms with Crippen molar-refractivity contribution < 1.29 is 4.79 Å². The van der Waals surface area contributed by atoms with Crippen LogP contribution in [0, 0.1) is 19.8 Å². The summed E-state index contributed by atoms with van der Waals surface area (Å²) in [5.41, 5.74) is 4.50. The van der Waals surface area contributed by atoms with Gasteiger partial charge in [0.2, 0.25) is 5.91 Å². The monoisotopic (exact) mass is 297 g/mol. The van der Waals surface area contributed by atoms with Crippen molar-refractivity contribution in [1.29, 1.82) is 0 Å². The van der Waals surface area contributed by atoms with Gasteiger partial charge in [-0.05, 0) is 51.3 Å². The molecule has 0 fully saturated rings. The largest absolute Gasteiger partial charge is 0.348 e. The predicted molar refractivity (Wildman–Crippen MR) is 88.2 cm³/mol. The highest BCUT2D eigenvalue weighted by atomic mass is 16.2. The zero-order valence-electron chi connectivity index (χ0n) is 13.7. The van der Waals surface area contributed by atoms with Crippen LogP contribution in [-0.4, -0.2) is 20.4 Å². The lowest BCUT2D eigenvalue weighted by Crippen LogP contribution is -2.39. The number of nitrogens with one attached hydrogen (secondary N) is 1. The molecule has 1 N–H and O–H groups in total. The average molecular weight is 297 g/mol. The molecule has 3 heterocycles. The van der Waals surface area contributed by atoms with Crippen LogP contribution >= 0.6 is 0 Å². The van der Waals surface area contributed by atoms with E-state index in [-0.39, 0.29) is 11.8 Å². The van der Waals surface area contributed by atoms with Crippen molar-refractivity contribution in [2.75, 3.05) is 0 Å². The minimum atomic E-state index is 0.0182. The average Bonchev–Trinajstić information content (AvgIpc) is 3.03. The second-order valence-corrected chi connectivity index (χ2v) is 6.04. The van der Waals surface area contributed by atoms with E-state index in [0.29, 0.717) is 0 Å². The molecule has 0 saturated heterocycles. The Morgan fingerprint density at radius 2 is 2.14 bits per heavy atom. The van der Waals surface area contributed by atoms with Gasteiger partial charge in [-0.1, -0.05) is 12.2 Å². The molecule has 22 heavy (non-hydrogen) atoms. The predicted octanol–water partition coefficient (Wildman–Crippen LogP) is 1.87. The smallest absolute Gasteiger partial charge is 0.234 e. The summed E-state index contributed by atoms with van der Waals surface area (Å²) >= 11 is 0. The SMILES string of the molecule is C/C=c1/c(C)c2n(/c1=C/C)C(=O)C(Cc1nc[nH]c1C)CC2. The lowest BCUT2D eigenvalue weighted by Gasteiger charge is -2.23. The molecule has 0 saturated carbocycles. The summed E-state index contributed by atoms with van der Waals surface area (Å²) in [6.45, 7) is 8.18. The molecule has 3 rings (SSSR count). The number of nitrogens with zero attached hydrogens (tertiary/aromatic N) is 2. The summed E-state index contributed by atoms with van der Waals surface area (Å²) in [7, 11) is 0. The number of hydrogen-bond donors (Lipinski definition) is 1. The highest BCUT2D eigenvalue weighted by Gasteiger charge is 2.30. The van der Waals surface area contributed by atoms with E-state index in [1.165, 1.54) is 16.5 Å². The van der Waals surface area contributed by atoms with E-state index in [1.807, 2.05) is 31.4 Å². The zero-order chi connectivity index (χ0) is 15.9. The van der Waals surface area contributed by atoms with Crippen LogP contribution in [0.4, 0.5) is 0 Å². The zero-order valence-corrected chi connectivity index (χ0v) is 13.7. The van der Waals surface area contributed by atoms with Gasteiger partial charge in [0, 0.05) is 23.7 Å². The molecule has 1 aliphatic heterocycles. The van der Waals surface area contributed by atoms with Crippen LogP contribution in [-0.2, 0) is 12.8 Å². The lowest BCUT2D eigenvalue weighted by molar-refractivity contribution is 0.0798. The van der Waals surface area contributed by atoms with E-state index in [2.05, 4.69) is 23.0 Å². The summed E-state index contributed by atoms with van der Waals surface area (Å²) in [5, 5.41) is 2.24. The molecule has 116 valence electrons. The van der Waals surface area contributed by atoms with Gasteiger partial charge in [0.05, 0.1) is 17.4 Å². The molecule has 2 aromatic heterocycles. The fraction of sp³-hybridized carbons (Fsp3) is 0.444. The van der Waals surface area contributed by atoms with Gasteiger partial charge >= 0.3 is 0 Å². The van der Waals surface area contributed by atoms with Gasteiger partial charge < -0.3 is 4.98 Å². The van der Waals surface area contributed by atoms with Crippen molar-refractivity contribution in [2.24, 2.45) is 5.92 Å². The van der Waals surface area contributed by atoms with Crippen molar-refractivity contribution in [1.82, 2.24) is 14.5 Å². The summed E-state index contributed by atoms with van der Waals surface area (Å²) in [6, 6.07) is 0. The lowest BCUT2D eigenvalue weighted by atomic mass is 9.91. The quantitative estimate of drug-likeness (QED) is 0.920. The van der Waals surface area contributed by atoms with Gasteiger partial charge in [-0.25, -0.2) is 4.98 Å². The van der Waals surface area contributed by atoms with Gasteiger partial charge in [-0.3, -0.25) is 9.36 Å². The van der Waals surface area contributed by atoms with E-state index in [9.17, 15) is 4.79 Å². The molecule has 4 nitrogen and oxygen atoms in total. The van der Waals surface area contributed by atoms with Crippen molar-refractivity contribution >= 4 is 18.1 Å². The number of aromatic nitrogens is 3. The molecule has 0 spiro atoms. The second-order valence-electron chi connectivity index (χ2n) is 6.04.